The minimum Gasteiger partial charge on any atom is -0.352 e. The lowest BCUT2D eigenvalue weighted by molar-refractivity contribution is -0.141. The molecule has 1 saturated heterocycles. The molecule has 1 fully saturated rings. The molecule has 0 unspecified atom stereocenters. The molecule has 6 nitrogen and oxygen atoms in total. The van der Waals surface area contributed by atoms with Gasteiger partial charge >= 0.3 is 0 Å². The van der Waals surface area contributed by atoms with Crippen molar-refractivity contribution < 1.29 is 14.4 Å². The van der Waals surface area contributed by atoms with Crippen molar-refractivity contribution in [2.45, 2.75) is 58.5 Å². The van der Waals surface area contributed by atoms with Crippen molar-refractivity contribution in [1.29, 1.82) is 5.26 Å². The van der Waals surface area contributed by atoms with Crippen LogP contribution in [0.3, 0.4) is 0 Å². The zero-order valence-electron chi connectivity index (χ0n) is 12.9. The fourth-order valence-corrected chi connectivity index (χ4v) is 2.53. The minimum absolute atomic E-state index is 0.0747. The zero-order chi connectivity index (χ0) is 16.0. The van der Waals surface area contributed by atoms with Crippen molar-refractivity contribution in [3.63, 3.8) is 0 Å². The van der Waals surface area contributed by atoms with Gasteiger partial charge in [-0.3, -0.25) is 14.4 Å². The number of nitrogens with one attached hydrogen (secondary N) is 1. The van der Waals surface area contributed by atoms with E-state index in [0.29, 0.717) is 25.8 Å². The monoisotopic (exact) mass is 293 g/mol. The molecule has 116 valence electrons. The third kappa shape index (κ3) is 4.28. The third-order valence-electron chi connectivity index (χ3n) is 3.47. The first kappa shape index (κ1) is 17.2. The van der Waals surface area contributed by atoms with Gasteiger partial charge in [0.1, 0.15) is 0 Å². The Balaban J connectivity index is 2.82. The van der Waals surface area contributed by atoms with Gasteiger partial charge < -0.3 is 10.2 Å². The lowest BCUT2D eigenvalue weighted by Crippen LogP contribution is -2.47. The molecular weight excluding hydrogens is 270 g/mol. The van der Waals surface area contributed by atoms with Gasteiger partial charge in [0.25, 0.3) is 0 Å². The Morgan fingerprint density at radius 2 is 2.05 bits per heavy atom. The van der Waals surface area contributed by atoms with E-state index in [-0.39, 0.29) is 11.9 Å². The van der Waals surface area contributed by atoms with E-state index in [2.05, 4.69) is 5.32 Å². The van der Waals surface area contributed by atoms with Gasteiger partial charge in [-0.15, -0.1) is 0 Å². The summed E-state index contributed by atoms with van der Waals surface area (Å²) < 4.78 is 0. The van der Waals surface area contributed by atoms with E-state index >= 15 is 0 Å². The standard InChI is InChI=1S/C15H23N3O3/c1-4-6-13(19)18-8-5-7-12(18)14(20)11(9-16)15(21)17-10(2)3/h10-12H,4-8H2,1-3H3,(H,17,21)/t11-,12-/m1/s1. The van der Waals surface area contributed by atoms with Gasteiger partial charge in [0.2, 0.25) is 11.8 Å². The molecule has 1 aliphatic heterocycles. The molecule has 0 bridgehead atoms. The molecule has 1 rings (SSSR count). The predicted octanol–water partition coefficient (Wildman–Crippen LogP) is 1.01. The average molecular weight is 293 g/mol. The van der Waals surface area contributed by atoms with E-state index in [0.717, 1.165) is 6.42 Å². The molecule has 0 saturated carbocycles. The normalized spacial score (nSPS) is 19.2. The van der Waals surface area contributed by atoms with E-state index in [1.807, 2.05) is 6.92 Å². The van der Waals surface area contributed by atoms with Crippen LogP contribution in [0.25, 0.3) is 0 Å². The summed E-state index contributed by atoms with van der Waals surface area (Å²) in [6.45, 7) is 5.96. The second kappa shape index (κ2) is 7.77. The number of likely N-dealkylation sites (tertiary alicyclic amines) is 1. The Morgan fingerprint density at radius 3 is 2.57 bits per heavy atom. The molecule has 0 aromatic carbocycles. The van der Waals surface area contributed by atoms with Crippen LogP contribution in [0.5, 0.6) is 0 Å². The molecule has 0 spiro atoms. The maximum Gasteiger partial charge on any atom is 0.245 e. The highest BCUT2D eigenvalue weighted by molar-refractivity contribution is 6.07. The number of carbonyl (C=O) groups is 3. The molecule has 0 aliphatic carbocycles. The smallest absolute Gasteiger partial charge is 0.245 e. The fraction of sp³-hybridized carbons (Fsp3) is 0.733. The summed E-state index contributed by atoms with van der Waals surface area (Å²) in [6.07, 6.45) is 2.36. The van der Waals surface area contributed by atoms with Gasteiger partial charge in [-0.05, 0) is 33.1 Å². The quantitative estimate of drug-likeness (QED) is 0.740. The van der Waals surface area contributed by atoms with Crippen molar-refractivity contribution in [3.8, 4) is 6.07 Å². The van der Waals surface area contributed by atoms with Crippen LogP contribution >= 0.6 is 0 Å². The van der Waals surface area contributed by atoms with Crippen LogP contribution in [-0.4, -0.2) is 41.1 Å². The highest BCUT2D eigenvalue weighted by atomic mass is 16.2. The van der Waals surface area contributed by atoms with Gasteiger partial charge in [-0.2, -0.15) is 5.26 Å². The zero-order valence-corrected chi connectivity index (χ0v) is 12.9. The minimum atomic E-state index is -1.34. The molecule has 2 atom stereocenters. The Bertz CT molecular complexity index is 454. The van der Waals surface area contributed by atoms with Crippen molar-refractivity contribution in [2.75, 3.05) is 6.54 Å². The summed E-state index contributed by atoms with van der Waals surface area (Å²) in [7, 11) is 0. The highest BCUT2D eigenvalue weighted by Crippen LogP contribution is 2.22. The number of hydrogen-bond donors (Lipinski definition) is 1. The Kier molecular flexibility index (Phi) is 6.35. The number of rotatable bonds is 6. The first-order valence-corrected chi connectivity index (χ1v) is 7.45. The molecule has 0 aromatic heterocycles. The molecule has 21 heavy (non-hydrogen) atoms. The number of Topliss-reactive ketones (excluding diaryl/α,β-unsaturated/α-hetero) is 1. The van der Waals surface area contributed by atoms with Gasteiger partial charge in [0.05, 0.1) is 12.1 Å². The molecule has 1 heterocycles. The maximum atomic E-state index is 12.4. The van der Waals surface area contributed by atoms with Crippen LogP contribution in [0.1, 0.15) is 46.5 Å². The lowest BCUT2D eigenvalue weighted by Gasteiger charge is -2.25. The van der Waals surface area contributed by atoms with Crippen LogP contribution in [0.15, 0.2) is 0 Å². The largest absolute Gasteiger partial charge is 0.352 e. The maximum absolute atomic E-state index is 12.4. The summed E-state index contributed by atoms with van der Waals surface area (Å²) in [5.41, 5.74) is 0. The van der Waals surface area contributed by atoms with Gasteiger partial charge in [0.15, 0.2) is 11.7 Å². The van der Waals surface area contributed by atoms with Crippen molar-refractivity contribution in [2.24, 2.45) is 5.92 Å². The van der Waals surface area contributed by atoms with Gasteiger partial charge in [-0.1, -0.05) is 6.92 Å². The number of carbonyl (C=O) groups excluding carboxylic acids is 3. The van der Waals surface area contributed by atoms with Crippen molar-refractivity contribution in [1.82, 2.24) is 10.2 Å². The van der Waals surface area contributed by atoms with Crippen LogP contribution in [-0.2, 0) is 14.4 Å². The second-order valence-corrected chi connectivity index (χ2v) is 5.62. The SMILES string of the molecule is CCCC(=O)N1CCC[C@@H]1C(=O)[C@@H](C#N)C(=O)NC(C)C. The van der Waals surface area contributed by atoms with Crippen molar-refractivity contribution >= 4 is 17.6 Å². The molecule has 1 N–H and O–H groups in total. The summed E-state index contributed by atoms with van der Waals surface area (Å²) in [5.74, 6) is -2.45. The number of ketones is 1. The molecule has 1 aliphatic rings. The summed E-state index contributed by atoms with van der Waals surface area (Å²) in [4.78, 5) is 37.9. The van der Waals surface area contributed by atoms with E-state index in [4.69, 9.17) is 5.26 Å². The van der Waals surface area contributed by atoms with Crippen LogP contribution in [0, 0.1) is 17.2 Å². The number of nitriles is 1. The highest BCUT2D eigenvalue weighted by Gasteiger charge is 2.39. The van der Waals surface area contributed by atoms with Crippen LogP contribution in [0.4, 0.5) is 0 Å². The first-order valence-electron chi connectivity index (χ1n) is 7.45. The van der Waals surface area contributed by atoms with Crippen LogP contribution in [0.2, 0.25) is 0 Å². The van der Waals surface area contributed by atoms with Gasteiger partial charge in [-0.25, -0.2) is 0 Å². The Morgan fingerprint density at radius 1 is 1.38 bits per heavy atom. The summed E-state index contributed by atoms with van der Waals surface area (Å²) in [5, 5.41) is 11.7. The van der Waals surface area contributed by atoms with E-state index < -0.39 is 23.7 Å². The summed E-state index contributed by atoms with van der Waals surface area (Å²) in [6, 6.07) is 1.01. The van der Waals surface area contributed by atoms with Crippen molar-refractivity contribution in [3.05, 3.63) is 0 Å². The molecular formula is C15H23N3O3. The second-order valence-electron chi connectivity index (χ2n) is 5.62. The molecule has 0 radical (unpaired) electrons. The van der Waals surface area contributed by atoms with E-state index in [1.54, 1.807) is 19.9 Å². The molecule has 2 amide bonds. The van der Waals surface area contributed by atoms with E-state index in [1.165, 1.54) is 4.90 Å². The van der Waals surface area contributed by atoms with E-state index in [9.17, 15) is 14.4 Å². The predicted molar refractivity (Wildman–Crippen MR) is 77.0 cm³/mol. The Labute approximate surface area is 125 Å². The summed E-state index contributed by atoms with van der Waals surface area (Å²) >= 11 is 0. The topological polar surface area (TPSA) is 90.3 Å². The number of nitrogens with zero attached hydrogens (tertiary/aromatic N) is 2. The average Bonchev–Trinajstić information content (AvgIpc) is 2.87. The third-order valence-corrected chi connectivity index (χ3v) is 3.47. The van der Waals surface area contributed by atoms with Crippen LogP contribution < -0.4 is 5.32 Å². The fourth-order valence-electron chi connectivity index (χ4n) is 2.53. The lowest BCUT2D eigenvalue weighted by atomic mass is 9.96. The first-order chi connectivity index (χ1) is 9.92. The number of hydrogen-bond acceptors (Lipinski definition) is 4. The number of amides is 2. The molecule has 0 aromatic rings. The Hall–Kier alpha value is -1.90. The molecule has 6 heteroatoms. The van der Waals surface area contributed by atoms with Gasteiger partial charge in [0, 0.05) is 19.0 Å².